The average molecular weight is 389 g/mol. The van der Waals surface area contributed by atoms with Crippen molar-refractivity contribution >= 4 is 17.7 Å². The molecule has 2 rings (SSSR count). The van der Waals surface area contributed by atoms with Gasteiger partial charge in [0.2, 0.25) is 0 Å². The molecule has 0 saturated carbocycles. The second-order valence-corrected chi connectivity index (χ2v) is 6.89. The SMILES string of the molecule is CCN(CC)c1ccc([C@H]2NC(=O)NC(C)=C2C(=O)OCCOC(C)C)cc1. The summed E-state index contributed by atoms with van der Waals surface area (Å²) in [6, 6.07) is 6.99. The van der Waals surface area contributed by atoms with Crippen LogP contribution < -0.4 is 15.5 Å². The Bertz CT molecular complexity index is 709. The lowest BCUT2D eigenvalue weighted by molar-refractivity contribution is -0.141. The van der Waals surface area contributed by atoms with Gasteiger partial charge >= 0.3 is 12.0 Å². The molecule has 1 aliphatic rings. The summed E-state index contributed by atoms with van der Waals surface area (Å²) in [6.07, 6.45) is 0.0763. The van der Waals surface area contributed by atoms with Crippen LogP contribution >= 0.6 is 0 Å². The van der Waals surface area contributed by atoms with Crippen LogP contribution in [0.15, 0.2) is 35.5 Å². The van der Waals surface area contributed by atoms with Gasteiger partial charge in [0.1, 0.15) is 6.61 Å². The number of rotatable bonds is 9. The number of esters is 1. The minimum Gasteiger partial charge on any atom is -0.460 e. The van der Waals surface area contributed by atoms with Gasteiger partial charge in [0.25, 0.3) is 0 Å². The molecule has 0 saturated heterocycles. The summed E-state index contributed by atoms with van der Waals surface area (Å²) in [4.78, 5) is 26.9. The van der Waals surface area contributed by atoms with Crippen LogP contribution in [-0.2, 0) is 14.3 Å². The molecular weight excluding hydrogens is 358 g/mol. The van der Waals surface area contributed by atoms with E-state index in [2.05, 4.69) is 29.4 Å². The van der Waals surface area contributed by atoms with Crippen molar-refractivity contribution in [1.82, 2.24) is 10.6 Å². The summed E-state index contributed by atoms with van der Waals surface area (Å²) in [5.41, 5.74) is 2.83. The number of carbonyl (C=O) groups excluding carboxylic acids is 2. The molecule has 0 aromatic heterocycles. The molecule has 2 N–H and O–H groups in total. The van der Waals surface area contributed by atoms with Crippen LogP contribution in [0.1, 0.15) is 46.2 Å². The van der Waals surface area contributed by atoms with Crippen LogP contribution in [0.25, 0.3) is 0 Å². The summed E-state index contributed by atoms with van der Waals surface area (Å²) in [5.74, 6) is -0.463. The van der Waals surface area contributed by atoms with E-state index in [0.717, 1.165) is 24.3 Å². The third kappa shape index (κ3) is 5.48. The van der Waals surface area contributed by atoms with Gasteiger partial charge in [-0.3, -0.25) is 0 Å². The first kappa shape index (κ1) is 21.8. The zero-order valence-corrected chi connectivity index (χ0v) is 17.4. The Morgan fingerprint density at radius 3 is 2.36 bits per heavy atom. The highest BCUT2D eigenvalue weighted by Crippen LogP contribution is 2.29. The molecule has 1 heterocycles. The highest BCUT2D eigenvalue weighted by molar-refractivity contribution is 5.95. The van der Waals surface area contributed by atoms with E-state index >= 15 is 0 Å². The first-order valence-corrected chi connectivity index (χ1v) is 9.79. The van der Waals surface area contributed by atoms with Crippen LogP contribution in [-0.4, -0.2) is 44.4 Å². The zero-order valence-electron chi connectivity index (χ0n) is 17.4. The Hall–Kier alpha value is -2.54. The number of amides is 2. The Labute approximate surface area is 167 Å². The number of ether oxygens (including phenoxy) is 2. The van der Waals surface area contributed by atoms with Gasteiger partial charge in [0.15, 0.2) is 0 Å². The first-order valence-electron chi connectivity index (χ1n) is 9.79. The zero-order chi connectivity index (χ0) is 20.7. The number of nitrogens with zero attached hydrogens (tertiary/aromatic N) is 1. The lowest BCUT2D eigenvalue weighted by Gasteiger charge is -2.29. The van der Waals surface area contributed by atoms with Gasteiger partial charge in [-0.05, 0) is 52.3 Å². The number of carbonyl (C=O) groups is 2. The summed E-state index contributed by atoms with van der Waals surface area (Å²) in [5, 5.41) is 5.48. The molecule has 0 aliphatic carbocycles. The number of hydrogen-bond donors (Lipinski definition) is 2. The van der Waals surface area contributed by atoms with Crippen molar-refractivity contribution < 1.29 is 19.1 Å². The largest absolute Gasteiger partial charge is 0.460 e. The maximum atomic E-state index is 12.7. The smallest absolute Gasteiger partial charge is 0.338 e. The predicted octanol–water partition coefficient (Wildman–Crippen LogP) is 3.13. The van der Waals surface area contributed by atoms with E-state index in [1.165, 1.54) is 0 Å². The molecular formula is C21H31N3O4. The van der Waals surface area contributed by atoms with E-state index in [1.54, 1.807) is 6.92 Å². The van der Waals surface area contributed by atoms with E-state index in [9.17, 15) is 9.59 Å². The topological polar surface area (TPSA) is 79.9 Å². The van der Waals surface area contributed by atoms with Crippen LogP contribution in [0, 0.1) is 0 Å². The monoisotopic (exact) mass is 389 g/mol. The molecule has 7 heteroatoms. The number of anilines is 1. The van der Waals surface area contributed by atoms with Crippen LogP contribution in [0.4, 0.5) is 10.5 Å². The molecule has 0 unspecified atom stereocenters. The number of hydrogen-bond acceptors (Lipinski definition) is 5. The number of nitrogens with one attached hydrogen (secondary N) is 2. The Morgan fingerprint density at radius 2 is 1.79 bits per heavy atom. The van der Waals surface area contributed by atoms with Crippen molar-refractivity contribution in [2.45, 2.75) is 46.8 Å². The average Bonchev–Trinajstić information content (AvgIpc) is 2.66. The molecule has 1 aliphatic heterocycles. The Balaban J connectivity index is 2.19. The second-order valence-electron chi connectivity index (χ2n) is 6.89. The quantitative estimate of drug-likeness (QED) is 0.501. The molecule has 0 spiro atoms. The fraction of sp³-hybridized carbons (Fsp3) is 0.524. The van der Waals surface area contributed by atoms with E-state index in [-0.39, 0.29) is 18.7 Å². The van der Waals surface area contributed by atoms with Crippen LogP contribution in [0.2, 0.25) is 0 Å². The number of benzene rings is 1. The number of allylic oxidation sites excluding steroid dienone is 1. The molecule has 0 fully saturated rings. The van der Waals surface area contributed by atoms with Crippen LogP contribution in [0.3, 0.4) is 0 Å². The summed E-state index contributed by atoms with van der Waals surface area (Å²) >= 11 is 0. The Morgan fingerprint density at radius 1 is 1.14 bits per heavy atom. The summed E-state index contributed by atoms with van der Waals surface area (Å²) in [6.45, 7) is 12.1. The van der Waals surface area contributed by atoms with Gasteiger partial charge in [0.05, 0.1) is 24.3 Å². The van der Waals surface area contributed by atoms with Gasteiger partial charge in [-0.15, -0.1) is 0 Å². The van der Waals surface area contributed by atoms with Crippen molar-refractivity contribution in [3.05, 3.63) is 41.1 Å². The van der Waals surface area contributed by atoms with E-state index in [4.69, 9.17) is 9.47 Å². The maximum Gasteiger partial charge on any atom is 0.338 e. The van der Waals surface area contributed by atoms with Crippen molar-refractivity contribution in [3.8, 4) is 0 Å². The fourth-order valence-electron chi connectivity index (χ4n) is 3.18. The van der Waals surface area contributed by atoms with Crippen molar-refractivity contribution in [1.29, 1.82) is 0 Å². The van der Waals surface area contributed by atoms with E-state index in [1.807, 2.05) is 38.1 Å². The molecule has 0 radical (unpaired) electrons. The van der Waals surface area contributed by atoms with Crippen LogP contribution in [0.5, 0.6) is 0 Å². The molecule has 154 valence electrons. The first-order chi connectivity index (χ1) is 13.4. The highest BCUT2D eigenvalue weighted by atomic mass is 16.6. The third-order valence-electron chi connectivity index (χ3n) is 4.61. The molecule has 28 heavy (non-hydrogen) atoms. The van der Waals surface area contributed by atoms with Gasteiger partial charge in [-0.2, -0.15) is 0 Å². The molecule has 1 aromatic carbocycles. The molecule has 1 aromatic rings. The lowest BCUT2D eigenvalue weighted by atomic mass is 9.95. The van der Waals surface area contributed by atoms with Crippen molar-refractivity contribution in [3.63, 3.8) is 0 Å². The highest BCUT2D eigenvalue weighted by Gasteiger charge is 2.32. The maximum absolute atomic E-state index is 12.7. The molecule has 2 amide bonds. The van der Waals surface area contributed by atoms with E-state index < -0.39 is 12.0 Å². The van der Waals surface area contributed by atoms with Crippen molar-refractivity contribution in [2.75, 3.05) is 31.2 Å². The minimum absolute atomic E-state index is 0.0763. The lowest BCUT2D eigenvalue weighted by Crippen LogP contribution is -2.45. The van der Waals surface area contributed by atoms with Gasteiger partial charge in [0, 0.05) is 24.5 Å². The minimum atomic E-state index is -0.557. The second kappa shape index (κ2) is 10.1. The summed E-state index contributed by atoms with van der Waals surface area (Å²) < 4.78 is 10.8. The number of urea groups is 1. The van der Waals surface area contributed by atoms with Gasteiger partial charge in [-0.25, -0.2) is 9.59 Å². The van der Waals surface area contributed by atoms with E-state index in [0.29, 0.717) is 17.9 Å². The normalized spacial score (nSPS) is 16.6. The van der Waals surface area contributed by atoms with Gasteiger partial charge < -0.3 is 25.0 Å². The molecule has 0 bridgehead atoms. The Kier molecular flexibility index (Phi) is 7.87. The van der Waals surface area contributed by atoms with Gasteiger partial charge in [-0.1, -0.05) is 12.1 Å². The summed E-state index contributed by atoms with van der Waals surface area (Å²) in [7, 11) is 0. The van der Waals surface area contributed by atoms with Crippen molar-refractivity contribution in [2.24, 2.45) is 0 Å². The molecule has 7 nitrogen and oxygen atoms in total. The molecule has 1 atom stereocenters. The fourth-order valence-corrected chi connectivity index (χ4v) is 3.18. The third-order valence-corrected chi connectivity index (χ3v) is 4.61. The standard InChI is InChI=1S/C21H31N3O4/c1-6-24(7-2)17-10-8-16(9-11-17)19-18(15(5)22-21(26)23-19)20(25)28-13-12-27-14(3)4/h8-11,14,19H,6-7,12-13H2,1-5H3,(H2,22,23,26)/t19-/m1/s1. The predicted molar refractivity (Wildman–Crippen MR) is 109 cm³/mol.